The summed E-state index contributed by atoms with van der Waals surface area (Å²) < 4.78 is 5.00. The van der Waals surface area contributed by atoms with Crippen molar-refractivity contribution in [3.05, 3.63) is 28.9 Å². The number of hydrogen-bond donors (Lipinski definition) is 0. The van der Waals surface area contributed by atoms with Crippen LogP contribution in [0.15, 0.2) is 22.7 Å². The van der Waals surface area contributed by atoms with E-state index in [-0.39, 0.29) is 6.42 Å². The maximum Gasteiger partial charge on any atom is 0.167 e. The highest BCUT2D eigenvalue weighted by atomic mass is 35.5. The quantitative estimate of drug-likeness (QED) is 0.698. The van der Waals surface area contributed by atoms with Crippen LogP contribution in [0.3, 0.4) is 0 Å². The van der Waals surface area contributed by atoms with E-state index < -0.39 is 0 Å². The molecule has 0 spiro atoms. The molecular weight excluding hydrogens is 188 g/mol. The first-order valence-corrected chi connectivity index (χ1v) is 4.10. The standard InChI is InChI=1S/C9H5ClN2O/c10-6-1-2-9-7(5-6)8(3-4-11)12-13-9/h1-2,5H,3H2. The summed E-state index contributed by atoms with van der Waals surface area (Å²) in [6.07, 6.45) is 0.243. The predicted octanol–water partition coefficient (Wildman–Crippen LogP) is 2.55. The maximum absolute atomic E-state index is 8.50. The molecule has 0 bridgehead atoms. The fourth-order valence-corrected chi connectivity index (χ4v) is 1.34. The fourth-order valence-electron chi connectivity index (χ4n) is 1.16. The van der Waals surface area contributed by atoms with Gasteiger partial charge in [-0.3, -0.25) is 0 Å². The second-order valence-electron chi connectivity index (χ2n) is 2.60. The molecule has 13 heavy (non-hydrogen) atoms. The number of halogens is 1. The number of rotatable bonds is 1. The van der Waals surface area contributed by atoms with Crippen molar-refractivity contribution in [3.8, 4) is 6.07 Å². The molecule has 3 nitrogen and oxygen atoms in total. The molecule has 0 radical (unpaired) electrons. The maximum atomic E-state index is 8.50. The van der Waals surface area contributed by atoms with Crippen molar-refractivity contribution in [2.24, 2.45) is 0 Å². The normalized spacial score (nSPS) is 10.2. The smallest absolute Gasteiger partial charge is 0.167 e. The van der Waals surface area contributed by atoms with Crippen LogP contribution in [-0.2, 0) is 6.42 Å². The summed E-state index contributed by atoms with van der Waals surface area (Å²) in [4.78, 5) is 0. The van der Waals surface area contributed by atoms with Gasteiger partial charge in [0.05, 0.1) is 12.5 Å². The van der Waals surface area contributed by atoms with Gasteiger partial charge < -0.3 is 4.52 Å². The van der Waals surface area contributed by atoms with Gasteiger partial charge in [0.25, 0.3) is 0 Å². The van der Waals surface area contributed by atoms with Gasteiger partial charge in [0, 0.05) is 10.4 Å². The van der Waals surface area contributed by atoms with Gasteiger partial charge in [-0.25, -0.2) is 0 Å². The van der Waals surface area contributed by atoms with Gasteiger partial charge in [0.15, 0.2) is 5.58 Å². The van der Waals surface area contributed by atoms with Gasteiger partial charge >= 0.3 is 0 Å². The first-order valence-electron chi connectivity index (χ1n) is 3.72. The zero-order chi connectivity index (χ0) is 9.26. The predicted molar refractivity (Wildman–Crippen MR) is 48.3 cm³/mol. The highest BCUT2D eigenvalue weighted by Gasteiger charge is 2.07. The van der Waals surface area contributed by atoms with E-state index in [2.05, 4.69) is 5.16 Å². The molecule has 0 N–H and O–H groups in total. The van der Waals surface area contributed by atoms with E-state index in [0.717, 1.165) is 5.39 Å². The molecule has 0 saturated heterocycles. The Hall–Kier alpha value is -1.53. The van der Waals surface area contributed by atoms with Gasteiger partial charge in [-0.2, -0.15) is 5.26 Å². The zero-order valence-electron chi connectivity index (χ0n) is 6.62. The lowest BCUT2D eigenvalue weighted by Gasteiger charge is -1.89. The van der Waals surface area contributed by atoms with Crippen LogP contribution < -0.4 is 0 Å². The van der Waals surface area contributed by atoms with E-state index in [9.17, 15) is 0 Å². The molecule has 0 saturated carbocycles. The van der Waals surface area contributed by atoms with Gasteiger partial charge in [-0.1, -0.05) is 16.8 Å². The number of fused-ring (bicyclic) bond motifs is 1. The molecule has 4 heteroatoms. The number of nitrogens with zero attached hydrogens (tertiary/aromatic N) is 2. The van der Waals surface area contributed by atoms with Gasteiger partial charge in [-0.15, -0.1) is 0 Å². The number of hydrogen-bond acceptors (Lipinski definition) is 3. The molecule has 0 unspecified atom stereocenters. The molecule has 1 aromatic heterocycles. The molecule has 0 aliphatic carbocycles. The lowest BCUT2D eigenvalue weighted by molar-refractivity contribution is 0.448. The number of benzene rings is 1. The summed E-state index contributed by atoms with van der Waals surface area (Å²) in [6, 6.07) is 7.24. The molecule has 2 aromatic rings. The average molecular weight is 193 g/mol. The van der Waals surface area contributed by atoms with E-state index in [4.69, 9.17) is 21.4 Å². The SMILES string of the molecule is N#CCc1noc2ccc(Cl)cc12. The Balaban J connectivity index is 2.66. The second kappa shape index (κ2) is 3.08. The Kier molecular flexibility index (Phi) is 1.91. The Morgan fingerprint density at radius 1 is 1.54 bits per heavy atom. The van der Waals surface area contributed by atoms with Crippen molar-refractivity contribution in [2.45, 2.75) is 6.42 Å². The largest absolute Gasteiger partial charge is 0.356 e. The molecule has 1 aromatic carbocycles. The fraction of sp³-hybridized carbons (Fsp3) is 0.111. The molecule has 0 fully saturated rings. The summed E-state index contributed by atoms with van der Waals surface area (Å²) >= 11 is 5.80. The van der Waals surface area contributed by atoms with Crippen molar-refractivity contribution >= 4 is 22.6 Å². The monoisotopic (exact) mass is 192 g/mol. The Morgan fingerprint density at radius 3 is 3.15 bits per heavy atom. The molecule has 0 aliphatic rings. The third-order valence-corrected chi connectivity index (χ3v) is 1.99. The van der Waals surface area contributed by atoms with Crippen LogP contribution in [0, 0.1) is 11.3 Å². The minimum absolute atomic E-state index is 0.243. The Labute approximate surface area is 79.5 Å². The average Bonchev–Trinajstić information content (AvgIpc) is 2.49. The lowest BCUT2D eigenvalue weighted by Crippen LogP contribution is -1.80. The summed E-state index contributed by atoms with van der Waals surface area (Å²) in [5.41, 5.74) is 1.30. The minimum Gasteiger partial charge on any atom is -0.356 e. The lowest BCUT2D eigenvalue weighted by atomic mass is 10.2. The van der Waals surface area contributed by atoms with Crippen LogP contribution in [0.25, 0.3) is 11.0 Å². The molecule has 64 valence electrons. The van der Waals surface area contributed by atoms with E-state index in [1.165, 1.54) is 0 Å². The first kappa shape index (κ1) is 8.09. The minimum atomic E-state index is 0.243. The summed E-state index contributed by atoms with van der Waals surface area (Å²) in [7, 11) is 0. The molecule has 0 atom stereocenters. The second-order valence-corrected chi connectivity index (χ2v) is 3.04. The molecular formula is C9H5ClN2O. The van der Waals surface area contributed by atoms with Crippen LogP contribution in [0.4, 0.5) is 0 Å². The van der Waals surface area contributed by atoms with Gasteiger partial charge in [-0.05, 0) is 18.2 Å². The van der Waals surface area contributed by atoms with E-state index in [0.29, 0.717) is 16.3 Å². The summed E-state index contributed by atoms with van der Waals surface area (Å²) in [6.45, 7) is 0. The van der Waals surface area contributed by atoms with Crippen LogP contribution in [0.2, 0.25) is 5.02 Å². The van der Waals surface area contributed by atoms with E-state index in [1.807, 2.05) is 6.07 Å². The number of aromatic nitrogens is 1. The van der Waals surface area contributed by atoms with Crippen molar-refractivity contribution in [1.29, 1.82) is 5.26 Å². The van der Waals surface area contributed by atoms with Crippen molar-refractivity contribution in [1.82, 2.24) is 5.16 Å². The van der Waals surface area contributed by atoms with Crippen molar-refractivity contribution in [2.75, 3.05) is 0 Å². The zero-order valence-corrected chi connectivity index (χ0v) is 7.38. The topological polar surface area (TPSA) is 49.8 Å². The molecule has 1 heterocycles. The Morgan fingerprint density at radius 2 is 2.38 bits per heavy atom. The van der Waals surface area contributed by atoms with E-state index >= 15 is 0 Å². The van der Waals surface area contributed by atoms with Gasteiger partial charge in [0.1, 0.15) is 5.69 Å². The summed E-state index contributed by atoms with van der Waals surface area (Å²) in [5.74, 6) is 0. The van der Waals surface area contributed by atoms with Crippen molar-refractivity contribution < 1.29 is 4.52 Å². The Bertz CT molecular complexity index is 484. The highest BCUT2D eigenvalue weighted by Crippen LogP contribution is 2.22. The molecule has 2 rings (SSSR count). The van der Waals surface area contributed by atoms with Crippen LogP contribution in [-0.4, -0.2) is 5.16 Å². The van der Waals surface area contributed by atoms with Crippen LogP contribution in [0.1, 0.15) is 5.69 Å². The third kappa shape index (κ3) is 1.36. The first-order chi connectivity index (χ1) is 6.31. The number of nitriles is 1. The highest BCUT2D eigenvalue weighted by molar-refractivity contribution is 6.31. The van der Waals surface area contributed by atoms with Crippen LogP contribution in [0.5, 0.6) is 0 Å². The molecule has 0 amide bonds. The van der Waals surface area contributed by atoms with E-state index in [1.54, 1.807) is 18.2 Å². The van der Waals surface area contributed by atoms with Crippen molar-refractivity contribution in [3.63, 3.8) is 0 Å². The third-order valence-electron chi connectivity index (χ3n) is 1.75. The molecule has 0 aliphatic heterocycles. The van der Waals surface area contributed by atoms with Crippen LogP contribution >= 0.6 is 11.6 Å². The van der Waals surface area contributed by atoms with Gasteiger partial charge in [0.2, 0.25) is 0 Å². The summed E-state index contributed by atoms with van der Waals surface area (Å²) in [5, 5.41) is 13.7.